The quantitative estimate of drug-likeness (QED) is 0.371. The molecule has 0 saturated heterocycles. The van der Waals surface area contributed by atoms with Crippen LogP contribution in [-0.2, 0) is 4.79 Å². The molecule has 2 rings (SSSR count). The molecule has 0 radical (unpaired) electrons. The average molecular weight is 557 g/mol. The third-order valence-corrected chi connectivity index (χ3v) is 5.05. The van der Waals surface area contributed by atoms with Crippen molar-refractivity contribution < 1.29 is 19.7 Å². The van der Waals surface area contributed by atoms with Crippen LogP contribution < -0.4 is 10.2 Å². The van der Waals surface area contributed by atoms with Crippen LogP contribution in [0.5, 0.6) is 17.2 Å². The number of nitrogens with zero attached hydrogens (tertiary/aromatic N) is 1. The number of hydrogen-bond donors (Lipinski definition) is 3. The first-order valence-electron chi connectivity index (χ1n) is 6.59. The molecular formula is C15H10Br3ClN2O4. The van der Waals surface area contributed by atoms with Crippen LogP contribution in [0.25, 0.3) is 0 Å². The molecule has 2 aromatic carbocycles. The Hall–Kier alpha value is -1.29. The van der Waals surface area contributed by atoms with Gasteiger partial charge in [-0.3, -0.25) is 4.79 Å². The van der Waals surface area contributed by atoms with Crippen LogP contribution in [0.1, 0.15) is 5.56 Å². The number of hydrogen-bond acceptors (Lipinski definition) is 5. The van der Waals surface area contributed by atoms with Crippen molar-refractivity contribution >= 4 is 71.5 Å². The Morgan fingerprint density at radius 3 is 2.60 bits per heavy atom. The van der Waals surface area contributed by atoms with E-state index in [1.807, 2.05) is 0 Å². The Labute approximate surface area is 173 Å². The zero-order chi connectivity index (χ0) is 18.6. The van der Waals surface area contributed by atoms with E-state index in [1.54, 1.807) is 18.2 Å². The molecule has 132 valence electrons. The van der Waals surface area contributed by atoms with E-state index in [-0.39, 0.29) is 22.6 Å². The lowest BCUT2D eigenvalue weighted by Gasteiger charge is -2.08. The summed E-state index contributed by atoms with van der Waals surface area (Å²) in [6.45, 7) is -0.257. The fourth-order valence-electron chi connectivity index (χ4n) is 1.66. The van der Waals surface area contributed by atoms with Gasteiger partial charge >= 0.3 is 0 Å². The first-order chi connectivity index (χ1) is 11.8. The fraction of sp³-hybridized carbons (Fsp3) is 0.0667. The number of phenolic OH excluding ortho intramolecular Hbond substituents is 2. The van der Waals surface area contributed by atoms with Gasteiger partial charge < -0.3 is 14.9 Å². The molecule has 0 saturated carbocycles. The number of ether oxygens (including phenoxy) is 1. The van der Waals surface area contributed by atoms with Crippen molar-refractivity contribution in [2.24, 2.45) is 5.10 Å². The van der Waals surface area contributed by atoms with Gasteiger partial charge in [0.1, 0.15) is 21.7 Å². The molecule has 1 amide bonds. The third kappa shape index (κ3) is 5.34. The van der Waals surface area contributed by atoms with Gasteiger partial charge in [-0.25, -0.2) is 5.43 Å². The molecule has 0 fully saturated rings. The van der Waals surface area contributed by atoms with E-state index >= 15 is 0 Å². The standard InChI is InChI=1S/C15H10Br3ClN2O4/c16-9-4-8(19)1-2-11(9)25-6-12(22)21-20-5-7-3-10(17)15(24)13(18)14(7)23/h1-5,23-24H,6H2,(H,21,22). The molecule has 0 heterocycles. The van der Waals surface area contributed by atoms with Crippen molar-refractivity contribution in [2.75, 3.05) is 6.61 Å². The normalized spacial score (nSPS) is 10.9. The highest BCUT2D eigenvalue weighted by atomic mass is 79.9. The minimum absolute atomic E-state index is 0.116. The van der Waals surface area contributed by atoms with E-state index < -0.39 is 5.91 Å². The molecule has 0 unspecified atom stereocenters. The second-order valence-corrected chi connectivity index (χ2v) is 7.55. The van der Waals surface area contributed by atoms with Crippen LogP contribution in [0.2, 0.25) is 5.02 Å². The highest BCUT2D eigenvalue weighted by Crippen LogP contribution is 2.40. The van der Waals surface area contributed by atoms with Gasteiger partial charge in [0, 0.05) is 10.6 Å². The van der Waals surface area contributed by atoms with Gasteiger partial charge in [-0.15, -0.1) is 0 Å². The molecule has 6 nitrogen and oxygen atoms in total. The van der Waals surface area contributed by atoms with Crippen molar-refractivity contribution in [2.45, 2.75) is 0 Å². The molecular weight excluding hydrogens is 547 g/mol. The van der Waals surface area contributed by atoms with Crippen LogP contribution in [0.15, 0.2) is 42.8 Å². The zero-order valence-electron chi connectivity index (χ0n) is 12.3. The molecule has 0 bridgehead atoms. The maximum Gasteiger partial charge on any atom is 0.277 e. The summed E-state index contributed by atoms with van der Waals surface area (Å²) < 4.78 is 6.45. The molecule has 0 aromatic heterocycles. The van der Waals surface area contributed by atoms with Gasteiger partial charge in [-0.05, 0) is 72.1 Å². The summed E-state index contributed by atoms with van der Waals surface area (Å²) in [4.78, 5) is 11.7. The largest absolute Gasteiger partial charge is 0.506 e. The molecule has 0 spiro atoms. The van der Waals surface area contributed by atoms with Crippen LogP contribution in [0, 0.1) is 0 Å². The third-order valence-electron chi connectivity index (χ3n) is 2.84. The molecule has 3 N–H and O–H groups in total. The monoisotopic (exact) mass is 554 g/mol. The summed E-state index contributed by atoms with van der Waals surface area (Å²) in [6, 6.07) is 6.37. The molecule has 10 heteroatoms. The van der Waals surface area contributed by atoms with Crippen LogP contribution in [-0.4, -0.2) is 28.9 Å². The van der Waals surface area contributed by atoms with E-state index in [0.717, 1.165) is 0 Å². The van der Waals surface area contributed by atoms with E-state index in [9.17, 15) is 15.0 Å². The summed E-state index contributed by atoms with van der Waals surface area (Å²) in [5.74, 6) is -0.372. The Bertz CT molecular complexity index is 846. The van der Waals surface area contributed by atoms with Gasteiger partial charge in [-0.2, -0.15) is 5.10 Å². The number of carbonyl (C=O) groups is 1. The molecule has 0 aliphatic rings. The van der Waals surface area contributed by atoms with Gasteiger partial charge in [-0.1, -0.05) is 11.6 Å². The predicted octanol–water partition coefficient (Wildman–Crippen LogP) is 4.57. The molecule has 0 atom stereocenters. The first-order valence-corrected chi connectivity index (χ1v) is 9.35. The number of amides is 1. The number of benzene rings is 2. The summed E-state index contributed by atoms with van der Waals surface area (Å²) in [7, 11) is 0. The highest BCUT2D eigenvalue weighted by molar-refractivity contribution is 9.11. The lowest BCUT2D eigenvalue weighted by molar-refractivity contribution is -0.123. The highest BCUT2D eigenvalue weighted by Gasteiger charge is 2.13. The van der Waals surface area contributed by atoms with E-state index in [0.29, 0.717) is 25.3 Å². The second kappa shape index (κ2) is 8.88. The van der Waals surface area contributed by atoms with E-state index in [4.69, 9.17) is 16.3 Å². The van der Waals surface area contributed by atoms with Crippen LogP contribution >= 0.6 is 59.4 Å². The number of carbonyl (C=O) groups excluding carboxylic acids is 1. The van der Waals surface area contributed by atoms with Gasteiger partial charge in [0.25, 0.3) is 5.91 Å². The van der Waals surface area contributed by atoms with Crippen molar-refractivity contribution in [3.63, 3.8) is 0 Å². The van der Waals surface area contributed by atoms with Gasteiger partial charge in [0.15, 0.2) is 6.61 Å². The summed E-state index contributed by atoms with van der Waals surface area (Å²) in [5.41, 5.74) is 2.56. The maximum atomic E-state index is 11.7. The molecule has 0 aliphatic carbocycles. The second-order valence-electron chi connectivity index (χ2n) is 4.62. The van der Waals surface area contributed by atoms with Gasteiger partial charge in [0.05, 0.1) is 15.2 Å². The Morgan fingerprint density at radius 2 is 1.92 bits per heavy atom. The van der Waals surface area contributed by atoms with Crippen molar-refractivity contribution in [3.05, 3.63) is 48.3 Å². The smallest absolute Gasteiger partial charge is 0.277 e. The Balaban J connectivity index is 1.95. The van der Waals surface area contributed by atoms with Crippen molar-refractivity contribution in [1.82, 2.24) is 5.43 Å². The van der Waals surface area contributed by atoms with E-state index in [1.165, 1.54) is 12.3 Å². The molecule has 2 aromatic rings. The number of phenols is 2. The summed E-state index contributed by atoms with van der Waals surface area (Å²) in [5, 5.41) is 23.8. The minimum atomic E-state index is -0.491. The first kappa shape index (κ1) is 20.0. The zero-order valence-corrected chi connectivity index (χ0v) is 17.8. The maximum absolute atomic E-state index is 11.7. The Kier molecular flexibility index (Phi) is 7.12. The Morgan fingerprint density at radius 1 is 1.20 bits per heavy atom. The number of rotatable bonds is 5. The van der Waals surface area contributed by atoms with Crippen molar-refractivity contribution in [3.8, 4) is 17.2 Å². The topological polar surface area (TPSA) is 91.2 Å². The van der Waals surface area contributed by atoms with E-state index in [2.05, 4.69) is 58.3 Å². The minimum Gasteiger partial charge on any atom is -0.506 e. The lowest BCUT2D eigenvalue weighted by atomic mass is 10.2. The van der Waals surface area contributed by atoms with Crippen molar-refractivity contribution in [1.29, 1.82) is 0 Å². The van der Waals surface area contributed by atoms with Gasteiger partial charge in [0.2, 0.25) is 0 Å². The number of nitrogens with one attached hydrogen (secondary N) is 1. The summed E-state index contributed by atoms with van der Waals surface area (Å²) >= 11 is 15.3. The SMILES string of the molecule is O=C(COc1ccc(Cl)cc1Br)NN=Cc1cc(Br)c(O)c(Br)c1O. The molecule has 25 heavy (non-hydrogen) atoms. The van der Waals surface area contributed by atoms with Crippen LogP contribution in [0.4, 0.5) is 0 Å². The van der Waals surface area contributed by atoms with Crippen LogP contribution in [0.3, 0.4) is 0 Å². The summed E-state index contributed by atoms with van der Waals surface area (Å²) in [6.07, 6.45) is 1.24. The number of hydrazone groups is 1. The predicted molar refractivity (Wildman–Crippen MR) is 106 cm³/mol. The average Bonchev–Trinajstić information content (AvgIpc) is 2.56. The lowest BCUT2D eigenvalue weighted by Crippen LogP contribution is -2.24. The molecule has 0 aliphatic heterocycles. The number of halogens is 4. The fourth-order valence-corrected chi connectivity index (χ4v) is 3.61. The number of aromatic hydroxyl groups is 2.